The van der Waals surface area contributed by atoms with E-state index >= 15 is 0 Å². The van der Waals surface area contributed by atoms with Crippen LogP contribution in [0.1, 0.15) is 29.8 Å². The first-order valence-electron chi connectivity index (χ1n) is 8.42. The first-order valence-corrected chi connectivity index (χ1v) is 8.42. The molecule has 2 amide bonds. The van der Waals surface area contributed by atoms with E-state index in [0.717, 1.165) is 30.6 Å². The molecule has 7 heteroatoms. The average molecular weight is 342 g/mol. The van der Waals surface area contributed by atoms with Gasteiger partial charge in [-0.05, 0) is 37.0 Å². The summed E-state index contributed by atoms with van der Waals surface area (Å²) < 4.78 is 1.97. The summed E-state index contributed by atoms with van der Waals surface area (Å²) in [5, 5.41) is 16.2. The Kier molecular flexibility index (Phi) is 5.02. The summed E-state index contributed by atoms with van der Waals surface area (Å²) in [7, 11) is 1.59. The fraction of sp³-hybridized carbons (Fsp3) is 0.389. The number of rotatable bonds is 6. The van der Waals surface area contributed by atoms with Crippen LogP contribution < -0.4 is 5.32 Å². The molecule has 2 N–H and O–H groups in total. The second-order valence-electron chi connectivity index (χ2n) is 6.20. The fourth-order valence-electron chi connectivity index (χ4n) is 3.10. The van der Waals surface area contributed by atoms with Crippen molar-refractivity contribution in [2.24, 2.45) is 0 Å². The smallest absolute Gasteiger partial charge is 0.317 e. The van der Waals surface area contributed by atoms with Crippen LogP contribution in [-0.2, 0) is 24.2 Å². The van der Waals surface area contributed by atoms with E-state index in [0.29, 0.717) is 6.54 Å². The minimum Gasteiger partial charge on any atom is -0.481 e. The molecule has 0 saturated carbocycles. The zero-order valence-electron chi connectivity index (χ0n) is 14.2. The number of nitrogens with one attached hydrogen (secondary N) is 1. The van der Waals surface area contributed by atoms with E-state index in [1.165, 1.54) is 16.2 Å². The Morgan fingerprint density at radius 1 is 1.28 bits per heavy atom. The predicted octanol–water partition coefficient (Wildman–Crippen LogP) is 1.98. The summed E-state index contributed by atoms with van der Waals surface area (Å²) in [5.41, 5.74) is 4.35. The number of para-hydroxylation sites is 1. The Morgan fingerprint density at radius 3 is 2.76 bits per heavy atom. The Bertz CT molecular complexity index is 770. The van der Waals surface area contributed by atoms with Crippen molar-refractivity contribution in [1.29, 1.82) is 0 Å². The summed E-state index contributed by atoms with van der Waals surface area (Å²) in [6.45, 7) is 0.524. The highest BCUT2D eigenvalue weighted by Gasteiger charge is 2.23. The number of aromatic nitrogens is 2. The molecule has 0 bridgehead atoms. The number of benzene rings is 1. The molecule has 3 rings (SSSR count). The highest BCUT2D eigenvalue weighted by Crippen LogP contribution is 2.27. The normalized spacial score (nSPS) is 12.7. The molecule has 0 radical (unpaired) electrons. The lowest BCUT2D eigenvalue weighted by molar-refractivity contribution is -0.137. The molecule has 25 heavy (non-hydrogen) atoms. The van der Waals surface area contributed by atoms with Crippen LogP contribution >= 0.6 is 0 Å². The Balaban J connectivity index is 1.69. The van der Waals surface area contributed by atoms with Gasteiger partial charge in [0.2, 0.25) is 0 Å². The van der Waals surface area contributed by atoms with Crippen LogP contribution in [0, 0.1) is 0 Å². The maximum atomic E-state index is 12.1. The van der Waals surface area contributed by atoms with Gasteiger partial charge in [0.1, 0.15) is 0 Å². The van der Waals surface area contributed by atoms with E-state index in [1.54, 1.807) is 7.05 Å². The quantitative estimate of drug-likeness (QED) is 0.840. The summed E-state index contributed by atoms with van der Waals surface area (Å²) in [6, 6.07) is 9.69. The molecule has 0 unspecified atom stereocenters. The second-order valence-corrected chi connectivity index (χ2v) is 6.20. The van der Waals surface area contributed by atoms with Gasteiger partial charge in [-0.2, -0.15) is 5.10 Å². The maximum Gasteiger partial charge on any atom is 0.317 e. The lowest BCUT2D eigenvalue weighted by atomic mass is 10.2. The molecule has 0 aliphatic heterocycles. The number of fused-ring (bicyclic) bond motifs is 1. The minimum atomic E-state index is -0.918. The Morgan fingerprint density at radius 2 is 2.04 bits per heavy atom. The van der Waals surface area contributed by atoms with Gasteiger partial charge in [-0.1, -0.05) is 18.2 Å². The number of carbonyl (C=O) groups excluding carboxylic acids is 1. The highest BCUT2D eigenvalue weighted by atomic mass is 16.4. The topological polar surface area (TPSA) is 87.5 Å². The van der Waals surface area contributed by atoms with Crippen LogP contribution in [0.3, 0.4) is 0 Å². The number of aliphatic carboxylic acids is 1. The standard InChI is InChI=1S/C18H22N4O3/c1-21(11-10-17(23)24)18(25)19-12-15-14-8-5-9-16(14)22(20-15)13-6-3-2-4-7-13/h2-4,6-7H,5,8-12H2,1H3,(H,19,25)(H,23,24). The monoisotopic (exact) mass is 342 g/mol. The van der Waals surface area contributed by atoms with Crippen molar-refractivity contribution in [2.75, 3.05) is 13.6 Å². The van der Waals surface area contributed by atoms with Gasteiger partial charge in [-0.3, -0.25) is 4.79 Å². The van der Waals surface area contributed by atoms with Gasteiger partial charge in [-0.25, -0.2) is 9.48 Å². The number of urea groups is 1. The van der Waals surface area contributed by atoms with Crippen molar-refractivity contribution in [2.45, 2.75) is 32.2 Å². The number of carboxylic acids is 1. The first-order chi connectivity index (χ1) is 12.1. The van der Waals surface area contributed by atoms with Gasteiger partial charge in [-0.15, -0.1) is 0 Å². The molecular formula is C18H22N4O3. The van der Waals surface area contributed by atoms with Gasteiger partial charge >= 0.3 is 12.0 Å². The second kappa shape index (κ2) is 7.38. The fourth-order valence-corrected chi connectivity index (χ4v) is 3.10. The van der Waals surface area contributed by atoms with E-state index in [9.17, 15) is 9.59 Å². The molecule has 2 aromatic rings. The van der Waals surface area contributed by atoms with E-state index in [2.05, 4.69) is 5.32 Å². The number of hydrogen-bond acceptors (Lipinski definition) is 3. The Hall–Kier alpha value is -2.83. The molecular weight excluding hydrogens is 320 g/mol. The summed E-state index contributed by atoms with van der Waals surface area (Å²) in [5.74, 6) is -0.918. The third-order valence-corrected chi connectivity index (χ3v) is 4.43. The summed E-state index contributed by atoms with van der Waals surface area (Å²) in [4.78, 5) is 24.1. The zero-order chi connectivity index (χ0) is 17.8. The molecule has 0 atom stereocenters. The minimum absolute atomic E-state index is 0.0675. The zero-order valence-corrected chi connectivity index (χ0v) is 14.2. The lowest BCUT2D eigenvalue weighted by Gasteiger charge is -2.16. The van der Waals surface area contributed by atoms with E-state index in [4.69, 9.17) is 10.2 Å². The molecule has 1 heterocycles. The van der Waals surface area contributed by atoms with Crippen LogP contribution in [-0.4, -0.2) is 45.4 Å². The molecule has 1 aliphatic rings. The molecule has 132 valence electrons. The number of carbonyl (C=O) groups is 2. The molecule has 1 aliphatic carbocycles. The van der Waals surface area contributed by atoms with Crippen molar-refractivity contribution in [3.63, 3.8) is 0 Å². The van der Waals surface area contributed by atoms with Gasteiger partial charge in [0.25, 0.3) is 0 Å². The van der Waals surface area contributed by atoms with Crippen LogP contribution in [0.4, 0.5) is 4.79 Å². The van der Waals surface area contributed by atoms with E-state index in [-0.39, 0.29) is 19.0 Å². The van der Waals surface area contributed by atoms with Crippen LogP contribution in [0.15, 0.2) is 30.3 Å². The Labute approximate surface area is 146 Å². The molecule has 1 aromatic carbocycles. The summed E-state index contributed by atoms with van der Waals surface area (Å²) in [6.07, 6.45) is 2.99. The van der Waals surface area contributed by atoms with Gasteiger partial charge in [0, 0.05) is 19.3 Å². The van der Waals surface area contributed by atoms with E-state index < -0.39 is 5.97 Å². The number of nitrogens with zero attached hydrogens (tertiary/aromatic N) is 3. The van der Waals surface area contributed by atoms with Crippen LogP contribution in [0.2, 0.25) is 0 Å². The summed E-state index contributed by atoms with van der Waals surface area (Å²) >= 11 is 0. The lowest BCUT2D eigenvalue weighted by Crippen LogP contribution is -2.38. The third-order valence-electron chi connectivity index (χ3n) is 4.43. The van der Waals surface area contributed by atoms with Crippen molar-refractivity contribution in [3.05, 3.63) is 47.3 Å². The van der Waals surface area contributed by atoms with Crippen LogP contribution in [0.5, 0.6) is 0 Å². The first kappa shape index (κ1) is 17.0. The SMILES string of the molecule is CN(CCC(=O)O)C(=O)NCc1nn(-c2ccccc2)c2c1CCC2. The van der Waals surface area contributed by atoms with Crippen molar-refractivity contribution >= 4 is 12.0 Å². The number of carboxylic acid groups (broad SMARTS) is 1. The molecule has 0 spiro atoms. The number of amides is 2. The molecule has 7 nitrogen and oxygen atoms in total. The number of hydrogen-bond donors (Lipinski definition) is 2. The molecule has 0 fully saturated rings. The largest absolute Gasteiger partial charge is 0.481 e. The van der Waals surface area contributed by atoms with Gasteiger partial charge in [0.15, 0.2) is 0 Å². The van der Waals surface area contributed by atoms with Crippen molar-refractivity contribution in [3.8, 4) is 5.69 Å². The van der Waals surface area contributed by atoms with Crippen LogP contribution in [0.25, 0.3) is 5.69 Å². The molecule has 0 saturated heterocycles. The predicted molar refractivity (Wildman–Crippen MR) is 92.7 cm³/mol. The average Bonchev–Trinajstić information content (AvgIpc) is 3.21. The maximum absolute atomic E-state index is 12.1. The van der Waals surface area contributed by atoms with Gasteiger partial charge in [0.05, 0.1) is 24.3 Å². The molecule has 1 aromatic heterocycles. The van der Waals surface area contributed by atoms with Crippen molar-refractivity contribution < 1.29 is 14.7 Å². The van der Waals surface area contributed by atoms with E-state index in [1.807, 2.05) is 35.0 Å². The third kappa shape index (κ3) is 3.81. The highest BCUT2D eigenvalue weighted by molar-refractivity contribution is 5.75. The van der Waals surface area contributed by atoms with Gasteiger partial charge < -0.3 is 15.3 Å². The van der Waals surface area contributed by atoms with Crippen molar-refractivity contribution in [1.82, 2.24) is 20.0 Å².